The summed E-state index contributed by atoms with van der Waals surface area (Å²) in [6.07, 6.45) is -1.93. The molecule has 1 aliphatic rings. The van der Waals surface area contributed by atoms with E-state index in [-0.39, 0.29) is 18.3 Å². The predicted molar refractivity (Wildman–Crippen MR) is 116 cm³/mol. The normalized spacial score (nSPS) is 15.6. The predicted octanol–water partition coefficient (Wildman–Crippen LogP) is 5.75. The topological polar surface area (TPSA) is 51.0 Å². The van der Waals surface area contributed by atoms with Crippen molar-refractivity contribution in [1.29, 1.82) is 0 Å². The summed E-state index contributed by atoms with van der Waals surface area (Å²) < 4.78 is 39.6. The molecule has 0 bridgehead atoms. The van der Waals surface area contributed by atoms with Crippen LogP contribution in [0.5, 0.6) is 0 Å². The molecule has 1 aromatic carbocycles. The lowest BCUT2D eigenvalue weighted by Crippen LogP contribution is -2.32. The molecule has 2 aromatic heterocycles. The van der Waals surface area contributed by atoms with Crippen LogP contribution in [-0.2, 0) is 27.8 Å². The van der Waals surface area contributed by atoms with E-state index in [2.05, 4.69) is 57.8 Å². The van der Waals surface area contributed by atoms with Gasteiger partial charge in [-0.1, -0.05) is 56.1 Å². The third kappa shape index (κ3) is 3.71. The van der Waals surface area contributed by atoms with Crippen LogP contribution in [0.1, 0.15) is 16.8 Å². The molecule has 0 unspecified atom stereocenters. The smallest absolute Gasteiger partial charge is 0.333 e. The lowest BCUT2D eigenvalue weighted by atomic mass is 10.1. The van der Waals surface area contributed by atoms with Crippen LogP contribution >= 0.6 is 47.8 Å². The van der Waals surface area contributed by atoms with Crippen molar-refractivity contribution in [3.63, 3.8) is 0 Å². The van der Waals surface area contributed by atoms with Gasteiger partial charge in [0.25, 0.3) is 5.91 Å². The summed E-state index contributed by atoms with van der Waals surface area (Å²) in [5.74, 6) is 0.0202. The molecule has 11 heteroatoms. The van der Waals surface area contributed by atoms with Gasteiger partial charge in [-0.05, 0) is 27.6 Å². The molecule has 0 fully saturated rings. The summed E-state index contributed by atoms with van der Waals surface area (Å²) in [4.78, 5) is 22.4. The minimum Gasteiger partial charge on any atom is -0.333 e. The summed E-state index contributed by atoms with van der Waals surface area (Å²) in [7, 11) is 1.52. The Morgan fingerprint density at radius 3 is 2.43 bits per heavy atom. The van der Waals surface area contributed by atoms with Crippen molar-refractivity contribution in [3.05, 3.63) is 64.1 Å². The lowest BCUT2D eigenvalue weighted by molar-refractivity contribution is -0.140. The second-order valence-electron chi connectivity index (χ2n) is 6.75. The lowest BCUT2D eigenvalue weighted by Gasteiger charge is -2.19. The van der Waals surface area contributed by atoms with Crippen molar-refractivity contribution in [1.82, 2.24) is 14.5 Å². The van der Waals surface area contributed by atoms with E-state index < -0.39 is 15.1 Å². The van der Waals surface area contributed by atoms with E-state index in [0.717, 1.165) is 11.8 Å². The fraction of sp³-hybridized carbons (Fsp3) is 0.211. The van der Waals surface area contributed by atoms with E-state index in [0.29, 0.717) is 21.4 Å². The van der Waals surface area contributed by atoms with Gasteiger partial charge in [-0.25, -0.2) is 9.97 Å². The van der Waals surface area contributed by atoms with Crippen molar-refractivity contribution in [2.75, 3.05) is 4.90 Å². The van der Waals surface area contributed by atoms with Crippen LogP contribution in [0.15, 0.2) is 47.3 Å². The molecule has 5 nitrogen and oxygen atoms in total. The van der Waals surface area contributed by atoms with Gasteiger partial charge in [0.1, 0.15) is 10.4 Å². The number of imidazole rings is 1. The van der Waals surface area contributed by atoms with Gasteiger partial charge in [0, 0.05) is 30.6 Å². The number of fused-ring (bicyclic) bond motifs is 1. The maximum Gasteiger partial charge on any atom is 0.434 e. The first-order valence-electron chi connectivity index (χ1n) is 8.54. The highest BCUT2D eigenvalue weighted by Crippen LogP contribution is 2.51. The number of halogens is 6. The van der Waals surface area contributed by atoms with Gasteiger partial charge in [0.15, 0.2) is 8.93 Å². The third-order valence-corrected chi connectivity index (χ3v) is 6.68. The van der Waals surface area contributed by atoms with Crippen molar-refractivity contribution >= 4 is 59.4 Å². The average molecular weight is 609 g/mol. The Bertz CT molecular complexity index is 1140. The molecular formula is C19H12Br3F3N4O. The molecule has 3 heterocycles. The minimum absolute atomic E-state index is 0.194. The Morgan fingerprint density at radius 1 is 1.17 bits per heavy atom. The summed E-state index contributed by atoms with van der Waals surface area (Å²) in [5.41, 5.74) is 1.83. The molecule has 1 amide bonds. The monoisotopic (exact) mass is 606 g/mol. The van der Waals surface area contributed by atoms with Gasteiger partial charge >= 0.3 is 6.18 Å². The molecule has 0 aliphatic carbocycles. The minimum atomic E-state index is -4.50. The third-order valence-electron chi connectivity index (χ3n) is 4.71. The van der Waals surface area contributed by atoms with Gasteiger partial charge < -0.3 is 9.47 Å². The second kappa shape index (κ2) is 7.45. The van der Waals surface area contributed by atoms with Gasteiger partial charge in [-0.2, -0.15) is 13.2 Å². The number of amides is 1. The van der Waals surface area contributed by atoms with E-state index in [1.165, 1.54) is 11.6 Å². The van der Waals surface area contributed by atoms with Gasteiger partial charge in [0.2, 0.25) is 0 Å². The Balaban J connectivity index is 1.62. The van der Waals surface area contributed by atoms with Crippen molar-refractivity contribution in [3.8, 4) is 11.4 Å². The molecule has 0 radical (unpaired) electrons. The molecule has 0 spiro atoms. The zero-order chi connectivity index (χ0) is 21.8. The molecule has 0 N–H and O–H groups in total. The highest BCUT2D eigenvalue weighted by molar-refractivity contribution is 9.25. The Hall–Kier alpha value is -1.72. The van der Waals surface area contributed by atoms with Crippen molar-refractivity contribution < 1.29 is 18.0 Å². The molecule has 0 saturated heterocycles. The standard InChI is InChI=1S/C19H12Br3F3N4O/c1-28-9-14(19(23,24)25)27-16(28)11-4-2-10(3-5-11)8-29-13-6-15(20)26-7-12(13)18(21,22)17(29)30/h2-7,9H,8H2,1H3. The largest absolute Gasteiger partial charge is 0.434 e. The number of benzene rings is 1. The fourth-order valence-corrected chi connectivity index (χ4v) is 4.61. The van der Waals surface area contributed by atoms with Gasteiger partial charge in [-0.15, -0.1) is 0 Å². The maximum absolute atomic E-state index is 12.9. The first kappa shape index (κ1) is 21.5. The van der Waals surface area contributed by atoms with Crippen LogP contribution in [0.2, 0.25) is 0 Å². The second-order valence-corrected chi connectivity index (χ2v) is 11.0. The summed E-state index contributed by atoms with van der Waals surface area (Å²) >= 11 is 10.2. The number of pyridine rings is 1. The molecule has 0 saturated carbocycles. The number of nitrogens with zero attached hydrogens (tertiary/aromatic N) is 4. The first-order chi connectivity index (χ1) is 14.0. The van der Waals surface area contributed by atoms with Crippen LogP contribution < -0.4 is 4.90 Å². The highest BCUT2D eigenvalue weighted by atomic mass is 79.9. The van der Waals surface area contributed by atoms with E-state index in [1.54, 1.807) is 41.4 Å². The summed E-state index contributed by atoms with van der Waals surface area (Å²) in [6.45, 7) is 0.288. The average Bonchev–Trinajstić information content (AvgIpc) is 3.14. The Labute approximate surface area is 194 Å². The van der Waals surface area contributed by atoms with E-state index in [9.17, 15) is 18.0 Å². The number of anilines is 1. The number of alkyl halides is 5. The summed E-state index contributed by atoms with van der Waals surface area (Å²) in [6, 6.07) is 8.68. The number of hydrogen-bond acceptors (Lipinski definition) is 3. The molecule has 3 aromatic rings. The van der Waals surface area contributed by atoms with Crippen LogP contribution in [-0.4, -0.2) is 20.4 Å². The quantitative estimate of drug-likeness (QED) is 0.281. The fourth-order valence-electron chi connectivity index (χ4n) is 3.25. The maximum atomic E-state index is 12.9. The number of hydrogen-bond donors (Lipinski definition) is 0. The number of rotatable bonds is 3. The Kier molecular flexibility index (Phi) is 5.34. The zero-order valence-corrected chi connectivity index (χ0v) is 20.0. The molecule has 4 rings (SSSR count). The molecule has 1 aliphatic heterocycles. The Morgan fingerprint density at radius 2 is 1.83 bits per heavy atom. The first-order valence-corrected chi connectivity index (χ1v) is 10.9. The van der Waals surface area contributed by atoms with Gasteiger partial charge in [-0.3, -0.25) is 4.79 Å². The van der Waals surface area contributed by atoms with E-state index in [1.807, 2.05) is 0 Å². The van der Waals surface area contributed by atoms with Crippen LogP contribution in [0, 0.1) is 0 Å². The number of carbonyl (C=O) groups is 1. The van der Waals surface area contributed by atoms with Crippen molar-refractivity contribution in [2.24, 2.45) is 7.05 Å². The number of aryl methyl sites for hydroxylation is 1. The van der Waals surface area contributed by atoms with Crippen LogP contribution in [0.3, 0.4) is 0 Å². The van der Waals surface area contributed by atoms with E-state index in [4.69, 9.17) is 0 Å². The molecule has 30 heavy (non-hydrogen) atoms. The molecule has 0 atom stereocenters. The van der Waals surface area contributed by atoms with Crippen molar-refractivity contribution in [2.45, 2.75) is 16.0 Å². The SMILES string of the molecule is Cn1cc(C(F)(F)F)nc1-c1ccc(CN2C(=O)C(Br)(Br)c3cnc(Br)cc32)cc1. The van der Waals surface area contributed by atoms with Crippen LogP contribution in [0.25, 0.3) is 11.4 Å². The zero-order valence-electron chi connectivity index (χ0n) is 15.2. The summed E-state index contributed by atoms with van der Waals surface area (Å²) in [5, 5.41) is 0. The van der Waals surface area contributed by atoms with E-state index >= 15 is 0 Å². The van der Waals surface area contributed by atoms with Gasteiger partial charge in [0.05, 0.1) is 12.2 Å². The number of aromatic nitrogens is 3. The molecular weight excluding hydrogens is 597 g/mol. The van der Waals surface area contributed by atoms with Crippen LogP contribution in [0.4, 0.5) is 18.9 Å². The highest BCUT2D eigenvalue weighted by Gasteiger charge is 2.48. The number of carbonyl (C=O) groups excluding carboxylic acids is 1. The molecule has 156 valence electrons.